The van der Waals surface area contributed by atoms with E-state index >= 15 is 0 Å². The maximum Gasteiger partial charge on any atom is 0.257 e. The topological polar surface area (TPSA) is 86.9 Å². The highest BCUT2D eigenvalue weighted by Crippen LogP contribution is 2.51. The van der Waals surface area contributed by atoms with E-state index in [-0.39, 0.29) is 50.6 Å². The molecule has 3 aliphatic rings. The van der Waals surface area contributed by atoms with E-state index in [9.17, 15) is 10.2 Å². The summed E-state index contributed by atoms with van der Waals surface area (Å²) in [5.41, 5.74) is 1.66. The lowest BCUT2D eigenvalue weighted by Gasteiger charge is -2.51. The molecule has 0 aromatic rings. The maximum atomic E-state index is 9.37. The van der Waals surface area contributed by atoms with Gasteiger partial charge in [-0.25, -0.2) is 4.99 Å². The summed E-state index contributed by atoms with van der Waals surface area (Å²) >= 11 is -0.154. The van der Waals surface area contributed by atoms with Gasteiger partial charge in [-0.2, -0.15) is 0 Å². The van der Waals surface area contributed by atoms with E-state index in [0.717, 1.165) is 31.5 Å². The molecule has 1 saturated carbocycles. The molecule has 8 heteroatoms. The smallest absolute Gasteiger partial charge is 0.257 e. The van der Waals surface area contributed by atoms with E-state index in [0.29, 0.717) is 23.3 Å². The molecule has 0 aromatic carbocycles. The molecule has 2 heterocycles. The molecular weight excluding hydrogens is 605 g/mol. The van der Waals surface area contributed by atoms with Crippen LogP contribution in [0, 0.1) is 29.1 Å². The summed E-state index contributed by atoms with van der Waals surface area (Å²) < 4.78 is 9.39. The molecule has 3 rings (SSSR count). The summed E-state index contributed by atoms with van der Waals surface area (Å²) in [6.45, 7) is 14.2. The summed E-state index contributed by atoms with van der Waals surface area (Å²) in [4.78, 5) is 12.3. The lowest BCUT2D eigenvalue weighted by molar-refractivity contribution is -0.0754. The Morgan fingerprint density at radius 1 is 1.36 bits per heavy atom. The van der Waals surface area contributed by atoms with E-state index < -0.39 is 6.29 Å². The number of hydrogen-bond donors (Lipinski definition) is 2. The van der Waals surface area contributed by atoms with Gasteiger partial charge in [0.05, 0.1) is 12.0 Å². The van der Waals surface area contributed by atoms with E-state index in [2.05, 4.69) is 73.7 Å². The van der Waals surface area contributed by atoms with E-state index in [1.807, 2.05) is 18.0 Å². The summed E-state index contributed by atoms with van der Waals surface area (Å²) in [6.07, 6.45) is 13.9. The third kappa shape index (κ3) is 8.65. The average Bonchev–Trinajstić information content (AvgIpc) is 2.93. The third-order valence-corrected chi connectivity index (χ3v) is 11.2. The highest BCUT2D eigenvalue weighted by Gasteiger charge is 2.44. The van der Waals surface area contributed by atoms with Crippen LogP contribution in [0.3, 0.4) is 0 Å². The molecule has 1 aliphatic carbocycles. The molecule has 7 nitrogen and oxygen atoms in total. The Kier molecular flexibility index (Phi) is 12.1. The number of halogens is 1. The van der Waals surface area contributed by atoms with Crippen LogP contribution in [0.15, 0.2) is 62.5 Å². The highest BCUT2D eigenvalue weighted by molar-refractivity contribution is 14.2. The molecule has 1 fully saturated rings. The van der Waals surface area contributed by atoms with Crippen LogP contribution < -0.4 is 0 Å². The number of rotatable bonds is 15. The monoisotopic (exact) mass is 651 g/mol. The highest BCUT2D eigenvalue weighted by atomic mass is 127. The van der Waals surface area contributed by atoms with Crippen molar-refractivity contribution < 1.29 is 19.8 Å². The zero-order chi connectivity index (χ0) is 28.6. The van der Waals surface area contributed by atoms with E-state index in [4.69, 9.17) is 14.6 Å². The number of ether oxygens (including phenoxy) is 1. The van der Waals surface area contributed by atoms with Gasteiger partial charge in [0.25, 0.3) is 5.90 Å². The lowest BCUT2D eigenvalue weighted by atomic mass is 9.58. The molecule has 2 N–H and O–H groups in total. The molecule has 0 spiro atoms. The minimum Gasteiger partial charge on any atom is -0.381 e. The van der Waals surface area contributed by atoms with Crippen LogP contribution in [0.2, 0.25) is 0 Å². The molecule has 0 radical (unpaired) electrons. The first-order chi connectivity index (χ1) is 18.6. The van der Waals surface area contributed by atoms with Gasteiger partial charge in [-0.05, 0) is 69.7 Å². The number of allylic oxidation sites excluding steroid dienone is 5. The van der Waals surface area contributed by atoms with Crippen LogP contribution in [0.1, 0.15) is 53.4 Å². The van der Waals surface area contributed by atoms with Crippen molar-refractivity contribution in [2.75, 3.05) is 27.2 Å². The first-order valence-electron chi connectivity index (χ1n) is 13.9. The van der Waals surface area contributed by atoms with Gasteiger partial charge < -0.3 is 24.7 Å². The fourth-order valence-electron chi connectivity index (χ4n) is 5.50. The molecule has 0 aromatic heterocycles. The summed E-state index contributed by atoms with van der Waals surface area (Å²) in [7, 11) is 3.72. The van der Waals surface area contributed by atoms with Crippen molar-refractivity contribution in [1.82, 2.24) is 4.90 Å². The summed E-state index contributed by atoms with van der Waals surface area (Å²) in [6, 6.07) is 0. The minimum absolute atomic E-state index is 0.127. The number of aliphatic hydroxyl groups excluding tert-OH is 1. The Labute approximate surface area is 244 Å². The molecule has 0 amide bonds. The number of nitrogens with zero attached hydrogens (tertiary/aromatic N) is 3. The van der Waals surface area contributed by atoms with Crippen LogP contribution in [-0.4, -0.2) is 70.0 Å². The van der Waals surface area contributed by atoms with E-state index in [1.54, 1.807) is 7.11 Å². The van der Waals surface area contributed by atoms with Crippen molar-refractivity contribution >= 4 is 36.0 Å². The van der Waals surface area contributed by atoms with Crippen LogP contribution >= 0.6 is 20.7 Å². The van der Waals surface area contributed by atoms with Crippen LogP contribution in [0.25, 0.3) is 0 Å². The van der Waals surface area contributed by atoms with Gasteiger partial charge in [0.1, 0.15) is 5.70 Å². The summed E-state index contributed by atoms with van der Waals surface area (Å²) in [5, 5.41) is 22.8. The lowest BCUT2D eigenvalue weighted by Crippen LogP contribution is -2.48. The summed E-state index contributed by atoms with van der Waals surface area (Å²) in [5.74, 6) is 4.72. The standard InChI is InChI=1S/C31H46IN3O4/c1-21(13-15-31(16-14-23(31)3)20-35(6)19-29(36)37)28-18-33-39-30(34-28)22(2)11-12-26(24(4)25(5)38-7)27-10-8-9-17-32-27/h8-12,17,21,23-26,29,36-37H,2,13-16,19-20H2,1,3-7H3/b12-11-/t21?,23-,24+,25-,26+,31?/m0/s1. The second kappa shape index (κ2) is 14.8. The second-order valence-electron chi connectivity index (χ2n) is 11.4. The number of aliphatic hydroxyl groups is 2. The van der Waals surface area contributed by atoms with Crippen LogP contribution in [-0.2, 0) is 9.57 Å². The van der Waals surface area contributed by atoms with Crippen molar-refractivity contribution in [2.45, 2.75) is 65.8 Å². The second-order valence-corrected chi connectivity index (χ2v) is 14.0. The normalized spacial score (nSPS) is 25.8. The zero-order valence-corrected chi connectivity index (χ0v) is 26.5. The number of aliphatic imine (C=N–C) groups is 1. The Morgan fingerprint density at radius 2 is 2.13 bits per heavy atom. The zero-order valence-electron chi connectivity index (χ0n) is 24.3. The third-order valence-electron chi connectivity index (χ3n) is 8.64. The maximum absolute atomic E-state index is 9.37. The Bertz CT molecular complexity index is 1090. The average molecular weight is 652 g/mol. The van der Waals surface area contributed by atoms with Gasteiger partial charge in [0.2, 0.25) is 0 Å². The van der Waals surface area contributed by atoms with Gasteiger partial charge in [0.15, 0.2) is 6.29 Å². The van der Waals surface area contributed by atoms with Crippen molar-refractivity contribution in [3.05, 3.63) is 52.3 Å². The van der Waals surface area contributed by atoms with Crippen molar-refractivity contribution in [3.8, 4) is 0 Å². The van der Waals surface area contributed by atoms with Crippen molar-refractivity contribution in [1.29, 1.82) is 0 Å². The van der Waals surface area contributed by atoms with Gasteiger partial charge in [-0.15, -0.1) is 0 Å². The predicted octanol–water partition coefficient (Wildman–Crippen LogP) is 5.59. The Balaban J connectivity index is 1.66. The number of methoxy groups -OCH3 is 1. The minimum atomic E-state index is -1.31. The van der Waals surface area contributed by atoms with Gasteiger partial charge >= 0.3 is 0 Å². The van der Waals surface area contributed by atoms with E-state index in [1.165, 1.54) is 9.93 Å². The fourth-order valence-corrected chi connectivity index (χ4v) is 7.97. The first kappa shape index (κ1) is 31.8. The Hall–Kier alpha value is -1.68. The quantitative estimate of drug-likeness (QED) is 0.137. The Morgan fingerprint density at radius 3 is 2.72 bits per heavy atom. The van der Waals surface area contributed by atoms with Crippen molar-refractivity contribution in [2.24, 2.45) is 39.2 Å². The first-order valence-corrected chi connectivity index (χ1v) is 16.3. The molecule has 2 unspecified atom stereocenters. The fraction of sp³-hybridized carbons (Fsp3) is 0.613. The molecule has 0 bridgehead atoms. The molecular formula is C31H46IN3O4. The number of hydrogen-bond acceptors (Lipinski definition) is 7. The molecule has 39 heavy (non-hydrogen) atoms. The van der Waals surface area contributed by atoms with Gasteiger partial charge in [0, 0.05) is 37.6 Å². The van der Waals surface area contributed by atoms with Gasteiger partial charge in [-0.1, -0.05) is 78.5 Å². The van der Waals surface area contributed by atoms with Crippen molar-refractivity contribution in [3.63, 3.8) is 0 Å². The molecule has 0 saturated heterocycles. The molecule has 216 valence electrons. The SMILES string of the molecule is C=C(/C=C\[C@@H](C1=IC=CC=C1)[C@H](C)[C@H](C)OC)C1=NC(C(C)CCC2(CN(C)CC(O)O)CC[C@@H]2C)=C=NO1. The van der Waals surface area contributed by atoms with Gasteiger partial charge in [-0.3, -0.25) is 0 Å². The molecule has 2 aliphatic heterocycles. The predicted molar refractivity (Wildman–Crippen MR) is 169 cm³/mol. The van der Waals surface area contributed by atoms with Crippen LogP contribution in [0.5, 0.6) is 0 Å². The van der Waals surface area contributed by atoms with Crippen LogP contribution in [0.4, 0.5) is 0 Å². The molecule has 6 atom stereocenters. The largest absolute Gasteiger partial charge is 0.381 e. The number of likely N-dealkylation sites (N-methyl/N-ethyl adjacent to an activating group) is 1.